The summed E-state index contributed by atoms with van der Waals surface area (Å²) >= 11 is 0. The average Bonchev–Trinajstić information content (AvgIpc) is 3.39. The predicted molar refractivity (Wildman–Crippen MR) is 82.2 cm³/mol. The summed E-state index contributed by atoms with van der Waals surface area (Å²) in [6.07, 6.45) is 9.34. The highest BCUT2D eigenvalue weighted by molar-refractivity contribution is 5.92. The fourth-order valence-electron chi connectivity index (χ4n) is 2.43. The van der Waals surface area contributed by atoms with Crippen molar-refractivity contribution >= 4 is 11.7 Å². The molecule has 1 aromatic heterocycles. The first-order valence-electron chi connectivity index (χ1n) is 8.11. The summed E-state index contributed by atoms with van der Waals surface area (Å²) in [7, 11) is 0. The van der Waals surface area contributed by atoms with Gasteiger partial charge in [0.15, 0.2) is 0 Å². The zero-order valence-corrected chi connectivity index (χ0v) is 12.7. The molecule has 0 saturated heterocycles. The molecule has 5 heteroatoms. The van der Waals surface area contributed by atoms with E-state index >= 15 is 0 Å². The van der Waals surface area contributed by atoms with Crippen LogP contribution < -0.4 is 5.32 Å². The zero-order chi connectivity index (χ0) is 14.7. The molecule has 2 saturated carbocycles. The Morgan fingerprint density at radius 3 is 2.48 bits per heavy atom. The molecular weight excluding hydrogens is 264 g/mol. The van der Waals surface area contributed by atoms with Crippen molar-refractivity contribution < 1.29 is 4.79 Å². The Morgan fingerprint density at radius 1 is 1.24 bits per heavy atom. The van der Waals surface area contributed by atoms with Gasteiger partial charge in [0.25, 0.3) is 5.91 Å². The van der Waals surface area contributed by atoms with E-state index in [2.05, 4.69) is 22.2 Å². The topological polar surface area (TPSA) is 58.1 Å². The molecule has 0 aliphatic heterocycles. The molecule has 0 spiro atoms. The molecule has 2 aliphatic rings. The van der Waals surface area contributed by atoms with Crippen LogP contribution in [0.25, 0.3) is 0 Å². The summed E-state index contributed by atoms with van der Waals surface area (Å²) in [5, 5.41) is 3.19. The van der Waals surface area contributed by atoms with Crippen molar-refractivity contribution in [2.75, 3.05) is 25.0 Å². The molecule has 0 radical (unpaired) electrons. The van der Waals surface area contributed by atoms with Gasteiger partial charge in [-0.15, -0.1) is 0 Å². The smallest absolute Gasteiger partial charge is 0.274 e. The minimum absolute atomic E-state index is 0.0430. The number of hydrogen-bond donors (Lipinski definition) is 1. The first kappa shape index (κ1) is 14.3. The maximum absolute atomic E-state index is 12.7. The second kappa shape index (κ2) is 6.41. The van der Waals surface area contributed by atoms with E-state index in [0.29, 0.717) is 23.3 Å². The Labute approximate surface area is 126 Å². The Kier molecular flexibility index (Phi) is 4.36. The number of rotatable bonds is 8. The number of nitrogens with zero attached hydrogens (tertiary/aromatic N) is 3. The molecule has 2 fully saturated rings. The highest BCUT2D eigenvalue weighted by Crippen LogP contribution is 2.34. The summed E-state index contributed by atoms with van der Waals surface area (Å²) in [6, 6.07) is 0. The van der Waals surface area contributed by atoms with Gasteiger partial charge in [-0.05, 0) is 43.9 Å². The first-order chi connectivity index (χ1) is 10.3. The fraction of sp³-hybridized carbons (Fsp3) is 0.688. The van der Waals surface area contributed by atoms with E-state index in [4.69, 9.17) is 0 Å². The van der Waals surface area contributed by atoms with E-state index in [1.807, 2.05) is 4.90 Å². The van der Waals surface area contributed by atoms with Crippen LogP contribution in [0, 0.1) is 11.8 Å². The van der Waals surface area contributed by atoms with Gasteiger partial charge in [-0.2, -0.15) is 0 Å². The van der Waals surface area contributed by atoms with Gasteiger partial charge in [0.1, 0.15) is 11.5 Å². The van der Waals surface area contributed by atoms with E-state index in [0.717, 1.165) is 26.1 Å². The largest absolute Gasteiger partial charge is 0.369 e. The van der Waals surface area contributed by atoms with Crippen molar-refractivity contribution in [2.24, 2.45) is 11.8 Å². The number of amides is 1. The molecule has 0 unspecified atom stereocenters. The van der Waals surface area contributed by atoms with Gasteiger partial charge < -0.3 is 10.2 Å². The van der Waals surface area contributed by atoms with Gasteiger partial charge >= 0.3 is 0 Å². The molecule has 2 aliphatic carbocycles. The van der Waals surface area contributed by atoms with Gasteiger partial charge in [-0.1, -0.05) is 6.92 Å². The van der Waals surface area contributed by atoms with Crippen LogP contribution in [0.4, 0.5) is 5.82 Å². The summed E-state index contributed by atoms with van der Waals surface area (Å²) in [5.74, 6) is 2.16. The lowest BCUT2D eigenvalue weighted by molar-refractivity contribution is 0.0733. The van der Waals surface area contributed by atoms with Gasteiger partial charge in [0.2, 0.25) is 0 Å². The van der Waals surface area contributed by atoms with E-state index in [-0.39, 0.29) is 5.91 Å². The Balaban J connectivity index is 1.67. The standard InChI is InChI=1S/C16H24N4O/c1-2-7-18-15-9-17-8-14(19-15)16(21)20(10-12-3-4-12)11-13-5-6-13/h8-9,12-13H,2-7,10-11H2,1H3,(H,18,19). The number of anilines is 1. The van der Waals surface area contributed by atoms with Crippen LogP contribution in [0.5, 0.6) is 0 Å². The lowest BCUT2D eigenvalue weighted by Gasteiger charge is -2.22. The third-order valence-electron chi connectivity index (χ3n) is 4.05. The minimum atomic E-state index is 0.0430. The van der Waals surface area contributed by atoms with E-state index < -0.39 is 0 Å². The van der Waals surface area contributed by atoms with Gasteiger partial charge in [0.05, 0.1) is 12.4 Å². The van der Waals surface area contributed by atoms with Gasteiger partial charge in [-0.3, -0.25) is 9.78 Å². The second-order valence-electron chi connectivity index (χ2n) is 6.31. The van der Waals surface area contributed by atoms with Crippen LogP contribution >= 0.6 is 0 Å². The SMILES string of the molecule is CCCNc1cncc(C(=O)N(CC2CC2)CC2CC2)n1. The zero-order valence-electron chi connectivity index (χ0n) is 12.7. The monoisotopic (exact) mass is 288 g/mol. The molecule has 3 rings (SSSR count). The van der Waals surface area contributed by atoms with E-state index in [1.54, 1.807) is 12.4 Å². The van der Waals surface area contributed by atoms with Crippen molar-refractivity contribution in [1.82, 2.24) is 14.9 Å². The molecule has 114 valence electrons. The average molecular weight is 288 g/mol. The van der Waals surface area contributed by atoms with Crippen molar-refractivity contribution in [3.05, 3.63) is 18.1 Å². The molecule has 0 bridgehead atoms. The van der Waals surface area contributed by atoms with E-state index in [1.165, 1.54) is 25.7 Å². The van der Waals surface area contributed by atoms with Crippen molar-refractivity contribution in [2.45, 2.75) is 39.0 Å². The van der Waals surface area contributed by atoms with Crippen LogP contribution in [0.15, 0.2) is 12.4 Å². The Hall–Kier alpha value is -1.65. The quantitative estimate of drug-likeness (QED) is 0.798. The predicted octanol–water partition coefficient (Wildman–Crippen LogP) is 2.56. The highest BCUT2D eigenvalue weighted by Gasteiger charge is 2.32. The minimum Gasteiger partial charge on any atom is -0.369 e. The van der Waals surface area contributed by atoms with Crippen LogP contribution in [-0.2, 0) is 0 Å². The lowest BCUT2D eigenvalue weighted by Crippen LogP contribution is -2.35. The molecule has 1 N–H and O–H groups in total. The fourth-order valence-corrected chi connectivity index (χ4v) is 2.43. The number of aromatic nitrogens is 2. The number of carbonyl (C=O) groups is 1. The Bertz CT molecular complexity index is 483. The van der Waals surface area contributed by atoms with Crippen LogP contribution in [0.2, 0.25) is 0 Å². The third kappa shape index (κ3) is 4.16. The summed E-state index contributed by atoms with van der Waals surface area (Å²) in [6.45, 7) is 4.73. The van der Waals surface area contributed by atoms with Gasteiger partial charge in [0, 0.05) is 19.6 Å². The molecule has 0 aromatic carbocycles. The highest BCUT2D eigenvalue weighted by atomic mass is 16.2. The normalized spacial score (nSPS) is 17.6. The number of carbonyl (C=O) groups excluding carboxylic acids is 1. The van der Waals surface area contributed by atoms with E-state index in [9.17, 15) is 4.79 Å². The van der Waals surface area contributed by atoms with Gasteiger partial charge in [-0.25, -0.2) is 4.98 Å². The van der Waals surface area contributed by atoms with Crippen LogP contribution in [0.3, 0.4) is 0 Å². The summed E-state index contributed by atoms with van der Waals surface area (Å²) < 4.78 is 0. The number of nitrogens with one attached hydrogen (secondary N) is 1. The second-order valence-corrected chi connectivity index (χ2v) is 6.31. The molecule has 21 heavy (non-hydrogen) atoms. The van der Waals surface area contributed by atoms with Crippen LogP contribution in [-0.4, -0.2) is 40.4 Å². The lowest BCUT2D eigenvalue weighted by atomic mass is 10.2. The first-order valence-corrected chi connectivity index (χ1v) is 8.11. The van der Waals surface area contributed by atoms with Crippen molar-refractivity contribution in [1.29, 1.82) is 0 Å². The number of hydrogen-bond acceptors (Lipinski definition) is 4. The molecule has 1 amide bonds. The molecule has 1 heterocycles. The Morgan fingerprint density at radius 2 is 1.90 bits per heavy atom. The summed E-state index contributed by atoms with van der Waals surface area (Å²) in [4.78, 5) is 23.3. The molecule has 1 aromatic rings. The maximum Gasteiger partial charge on any atom is 0.274 e. The van der Waals surface area contributed by atoms with Crippen molar-refractivity contribution in [3.8, 4) is 0 Å². The maximum atomic E-state index is 12.7. The molecular formula is C16H24N4O. The van der Waals surface area contributed by atoms with Crippen LogP contribution in [0.1, 0.15) is 49.5 Å². The molecule has 0 atom stereocenters. The third-order valence-corrected chi connectivity index (χ3v) is 4.05. The molecule has 5 nitrogen and oxygen atoms in total. The summed E-state index contributed by atoms with van der Waals surface area (Å²) in [5.41, 5.74) is 0.470. The van der Waals surface area contributed by atoms with Crippen molar-refractivity contribution in [3.63, 3.8) is 0 Å².